The van der Waals surface area contributed by atoms with Crippen LogP contribution in [0.5, 0.6) is 0 Å². The number of carbonyl (C=O) groups is 1. The molecule has 1 amide bonds. The summed E-state index contributed by atoms with van der Waals surface area (Å²) in [6.07, 6.45) is 0.684. The Morgan fingerprint density at radius 1 is 1.31 bits per heavy atom. The van der Waals surface area contributed by atoms with Crippen LogP contribution in [0.25, 0.3) is 0 Å². The van der Waals surface area contributed by atoms with Crippen molar-refractivity contribution in [3.05, 3.63) is 35.4 Å². The molecule has 16 heavy (non-hydrogen) atoms. The number of hydrogen-bond acceptors (Lipinski definition) is 1. The Morgan fingerprint density at radius 3 is 2.31 bits per heavy atom. The number of terminal acetylenes is 1. The zero-order valence-corrected chi connectivity index (χ0v) is 8.14. The molecule has 0 saturated carbocycles. The van der Waals surface area contributed by atoms with E-state index in [9.17, 15) is 18.0 Å². The number of alkyl halides is 3. The minimum atomic E-state index is -4.41. The van der Waals surface area contributed by atoms with Crippen molar-refractivity contribution in [1.82, 2.24) is 5.32 Å². The van der Waals surface area contributed by atoms with Crippen molar-refractivity contribution in [2.45, 2.75) is 6.18 Å². The first-order valence-corrected chi connectivity index (χ1v) is 4.34. The van der Waals surface area contributed by atoms with Crippen LogP contribution in [-0.2, 0) is 0 Å². The fourth-order valence-electron chi connectivity index (χ4n) is 1.00. The van der Waals surface area contributed by atoms with E-state index in [4.69, 9.17) is 6.42 Å². The number of hydrogen-bond donors (Lipinski definition) is 1. The van der Waals surface area contributed by atoms with E-state index in [2.05, 4.69) is 5.92 Å². The standard InChI is InChI=1S/C11H8F3NO/c1-2-8-3-5-9(6-4-8)10(16)15-7-11(12,13)14/h1,3-6H,7H2,(H,15,16). The van der Waals surface area contributed by atoms with E-state index in [1.165, 1.54) is 24.3 Å². The van der Waals surface area contributed by atoms with Crippen LogP contribution in [0.4, 0.5) is 13.2 Å². The van der Waals surface area contributed by atoms with Crippen molar-refractivity contribution in [3.63, 3.8) is 0 Å². The Bertz CT molecular complexity index is 414. The number of nitrogens with one attached hydrogen (secondary N) is 1. The van der Waals surface area contributed by atoms with Gasteiger partial charge in [0.15, 0.2) is 0 Å². The third kappa shape index (κ3) is 3.65. The fraction of sp³-hybridized carbons (Fsp3) is 0.182. The van der Waals surface area contributed by atoms with E-state index < -0.39 is 18.6 Å². The summed E-state index contributed by atoms with van der Waals surface area (Å²) in [6, 6.07) is 5.73. The number of carbonyl (C=O) groups excluding carboxylic acids is 1. The van der Waals surface area contributed by atoms with Gasteiger partial charge >= 0.3 is 6.18 Å². The highest BCUT2D eigenvalue weighted by molar-refractivity contribution is 5.94. The summed E-state index contributed by atoms with van der Waals surface area (Å²) in [7, 11) is 0. The molecule has 0 aliphatic rings. The van der Waals surface area contributed by atoms with Crippen molar-refractivity contribution in [1.29, 1.82) is 0 Å². The molecule has 0 bridgehead atoms. The van der Waals surface area contributed by atoms with Crippen LogP contribution in [0.3, 0.4) is 0 Å². The largest absolute Gasteiger partial charge is 0.405 e. The van der Waals surface area contributed by atoms with E-state index in [1.807, 2.05) is 0 Å². The zero-order valence-electron chi connectivity index (χ0n) is 8.14. The van der Waals surface area contributed by atoms with Gasteiger partial charge in [0.2, 0.25) is 0 Å². The molecule has 0 unspecified atom stereocenters. The lowest BCUT2D eigenvalue weighted by Crippen LogP contribution is -2.33. The molecule has 5 heteroatoms. The second kappa shape index (κ2) is 4.71. The van der Waals surface area contributed by atoms with Crippen molar-refractivity contribution in [3.8, 4) is 12.3 Å². The summed E-state index contributed by atoms with van der Waals surface area (Å²) in [5, 5.41) is 1.76. The van der Waals surface area contributed by atoms with Crippen molar-refractivity contribution in [2.75, 3.05) is 6.54 Å². The predicted octanol–water partition coefficient (Wildman–Crippen LogP) is 1.96. The van der Waals surface area contributed by atoms with E-state index >= 15 is 0 Å². The molecule has 0 aliphatic carbocycles. The zero-order chi connectivity index (χ0) is 12.2. The molecule has 0 heterocycles. The molecule has 0 radical (unpaired) electrons. The van der Waals surface area contributed by atoms with Crippen LogP contribution in [0.15, 0.2) is 24.3 Å². The maximum atomic E-state index is 11.8. The summed E-state index contributed by atoms with van der Waals surface area (Å²) in [4.78, 5) is 11.2. The molecular formula is C11H8F3NO. The summed E-state index contributed by atoms with van der Waals surface area (Å²) in [6.45, 7) is -1.34. The molecule has 2 nitrogen and oxygen atoms in total. The van der Waals surface area contributed by atoms with Crippen LogP contribution in [0, 0.1) is 12.3 Å². The molecule has 1 rings (SSSR count). The molecule has 0 saturated heterocycles. The minimum Gasteiger partial charge on any atom is -0.343 e. The van der Waals surface area contributed by atoms with Gasteiger partial charge in [0.05, 0.1) is 0 Å². The van der Waals surface area contributed by atoms with E-state index in [1.54, 1.807) is 5.32 Å². The normalized spacial score (nSPS) is 10.6. The Kier molecular flexibility index (Phi) is 3.56. The molecule has 1 N–H and O–H groups in total. The minimum absolute atomic E-state index is 0.142. The van der Waals surface area contributed by atoms with Gasteiger partial charge in [0.1, 0.15) is 6.54 Å². The molecule has 0 fully saturated rings. The first-order valence-electron chi connectivity index (χ1n) is 4.34. The van der Waals surface area contributed by atoms with E-state index in [0.29, 0.717) is 5.56 Å². The molecule has 1 aromatic carbocycles. The maximum absolute atomic E-state index is 11.8. The highest BCUT2D eigenvalue weighted by Gasteiger charge is 2.27. The van der Waals surface area contributed by atoms with Crippen molar-refractivity contribution < 1.29 is 18.0 Å². The van der Waals surface area contributed by atoms with Gasteiger partial charge in [-0.15, -0.1) is 6.42 Å². The second-order valence-corrected chi connectivity index (χ2v) is 3.02. The molecule has 1 aromatic rings. The topological polar surface area (TPSA) is 29.1 Å². The highest BCUT2D eigenvalue weighted by Crippen LogP contribution is 2.12. The number of rotatable bonds is 2. The smallest absolute Gasteiger partial charge is 0.343 e. The van der Waals surface area contributed by atoms with Gasteiger partial charge < -0.3 is 5.32 Å². The predicted molar refractivity (Wildman–Crippen MR) is 52.8 cm³/mol. The van der Waals surface area contributed by atoms with Gasteiger partial charge in [-0.25, -0.2) is 0 Å². The lowest BCUT2D eigenvalue weighted by Gasteiger charge is -2.08. The summed E-state index contributed by atoms with van der Waals surface area (Å²) in [5.74, 6) is 1.56. The van der Waals surface area contributed by atoms with Crippen LogP contribution in [0.1, 0.15) is 15.9 Å². The van der Waals surface area contributed by atoms with Gasteiger partial charge in [-0.2, -0.15) is 13.2 Å². The highest BCUT2D eigenvalue weighted by atomic mass is 19.4. The molecular weight excluding hydrogens is 219 g/mol. The van der Waals surface area contributed by atoms with Crippen molar-refractivity contribution in [2.24, 2.45) is 0 Å². The quantitative estimate of drug-likeness (QED) is 0.769. The van der Waals surface area contributed by atoms with Crippen LogP contribution < -0.4 is 5.32 Å². The van der Waals surface area contributed by atoms with Gasteiger partial charge in [-0.1, -0.05) is 5.92 Å². The average Bonchev–Trinajstić information content (AvgIpc) is 2.25. The van der Waals surface area contributed by atoms with Gasteiger partial charge in [0, 0.05) is 11.1 Å². The fourth-order valence-corrected chi connectivity index (χ4v) is 1.00. The summed E-state index contributed by atoms with van der Waals surface area (Å²) in [5.41, 5.74) is 0.704. The Morgan fingerprint density at radius 2 is 1.88 bits per heavy atom. The number of halogens is 3. The maximum Gasteiger partial charge on any atom is 0.405 e. The third-order valence-electron chi connectivity index (χ3n) is 1.76. The molecule has 0 aromatic heterocycles. The molecule has 0 spiro atoms. The number of benzene rings is 1. The van der Waals surface area contributed by atoms with Crippen LogP contribution in [0.2, 0.25) is 0 Å². The molecule has 0 atom stereocenters. The lowest BCUT2D eigenvalue weighted by atomic mass is 10.1. The van der Waals surface area contributed by atoms with E-state index in [0.717, 1.165) is 0 Å². The van der Waals surface area contributed by atoms with Crippen LogP contribution in [-0.4, -0.2) is 18.6 Å². The molecule has 84 valence electrons. The van der Waals surface area contributed by atoms with Crippen molar-refractivity contribution >= 4 is 5.91 Å². The van der Waals surface area contributed by atoms with Crippen LogP contribution >= 0.6 is 0 Å². The SMILES string of the molecule is C#Cc1ccc(C(=O)NCC(F)(F)F)cc1. The third-order valence-corrected chi connectivity index (χ3v) is 1.76. The van der Waals surface area contributed by atoms with Gasteiger partial charge in [-0.05, 0) is 24.3 Å². The monoisotopic (exact) mass is 227 g/mol. The Labute approximate surface area is 90.5 Å². The lowest BCUT2D eigenvalue weighted by molar-refractivity contribution is -0.123. The first kappa shape index (κ1) is 12.1. The second-order valence-electron chi connectivity index (χ2n) is 3.02. The number of amides is 1. The Hall–Kier alpha value is -1.96. The summed E-state index contributed by atoms with van der Waals surface area (Å²) >= 11 is 0. The van der Waals surface area contributed by atoms with Gasteiger partial charge in [-0.3, -0.25) is 4.79 Å². The van der Waals surface area contributed by atoms with Gasteiger partial charge in [0.25, 0.3) is 5.91 Å². The summed E-state index contributed by atoms with van der Waals surface area (Å²) < 4.78 is 35.4. The average molecular weight is 227 g/mol. The molecule has 0 aliphatic heterocycles. The first-order chi connectivity index (χ1) is 7.42. The Balaban J connectivity index is 2.64. The van der Waals surface area contributed by atoms with E-state index in [-0.39, 0.29) is 5.56 Å².